The predicted octanol–water partition coefficient (Wildman–Crippen LogP) is 3.05. The van der Waals surface area contributed by atoms with Crippen LogP contribution in [0.25, 0.3) is 12.2 Å². The van der Waals surface area contributed by atoms with Crippen molar-refractivity contribution in [3.63, 3.8) is 0 Å². The molecule has 1 N–H and O–H groups in total. The van der Waals surface area contributed by atoms with E-state index in [0.717, 1.165) is 53.7 Å². The quantitative estimate of drug-likeness (QED) is 0.133. The van der Waals surface area contributed by atoms with Gasteiger partial charge in [-0.25, -0.2) is 14.4 Å². The van der Waals surface area contributed by atoms with Crippen LogP contribution < -0.4 is 18.9 Å². The molecule has 0 spiro atoms. The molecule has 0 aromatic heterocycles. The van der Waals surface area contributed by atoms with Gasteiger partial charge in [0.2, 0.25) is 5.60 Å². The zero-order valence-corrected chi connectivity index (χ0v) is 30.3. The third-order valence-electron chi connectivity index (χ3n) is 7.04. The molecule has 1 aliphatic rings. The molecule has 18 nitrogen and oxygen atoms in total. The minimum atomic E-state index is -2.42. The van der Waals surface area contributed by atoms with Gasteiger partial charge in [-0.2, -0.15) is 0 Å². The van der Waals surface area contributed by atoms with Gasteiger partial charge in [0.1, 0.15) is 35.2 Å². The molecule has 1 aliphatic carbocycles. The Bertz CT molecular complexity index is 1870. The van der Waals surface area contributed by atoms with Crippen LogP contribution >= 0.6 is 0 Å². The lowest BCUT2D eigenvalue weighted by Crippen LogP contribution is -2.60. The van der Waals surface area contributed by atoms with E-state index in [4.69, 9.17) is 37.9 Å². The molecule has 2 aromatic carbocycles. The Balaban J connectivity index is 2.00. The van der Waals surface area contributed by atoms with Gasteiger partial charge in [-0.3, -0.25) is 28.8 Å². The lowest BCUT2D eigenvalue weighted by atomic mass is 9.79. The summed E-state index contributed by atoms with van der Waals surface area (Å²) in [5.74, 6) is -8.84. The molecule has 0 bridgehead atoms. The topological polar surface area (TPSA) is 248 Å². The first-order valence-corrected chi connectivity index (χ1v) is 16.1. The number of carbonyl (C=O) groups excluding carboxylic acids is 8. The van der Waals surface area contributed by atoms with Crippen molar-refractivity contribution in [2.45, 2.75) is 78.3 Å². The number of rotatable bonds is 13. The van der Waals surface area contributed by atoms with Crippen molar-refractivity contribution >= 4 is 65.9 Å². The zero-order valence-electron chi connectivity index (χ0n) is 30.3. The molecule has 18 heteroatoms. The third-order valence-corrected chi connectivity index (χ3v) is 7.04. The fourth-order valence-electron chi connectivity index (χ4n) is 5.33. The number of esters is 8. The number of benzene rings is 2. The molecule has 2 aromatic rings. The van der Waals surface area contributed by atoms with Gasteiger partial charge < -0.3 is 43.0 Å². The second kappa shape index (κ2) is 18.8. The van der Waals surface area contributed by atoms with Crippen LogP contribution in [0.2, 0.25) is 0 Å². The van der Waals surface area contributed by atoms with E-state index in [1.165, 1.54) is 48.6 Å². The number of ether oxygens (including phenoxy) is 8. The van der Waals surface area contributed by atoms with Crippen LogP contribution in [0.5, 0.6) is 23.0 Å². The zero-order chi connectivity index (χ0) is 41.0. The molecule has 4 atom stereocenters. The highest BCUT2D eigenvalue weighted by molar-refractivity contribution is 5.89. The highest BCUT2D eigenvalue weighted by Crippen LogP contribution is 2.38. The van der Waals surface area contributed by atoms with E-state index in [9.17, 15) is 48.3 Å². The largest absolute Gasteiger partial charge is 0.478 e. The number of hydrogen-bond donors (Lipinski definition) is 1. The van der Waals surface area contributed by atoms with Crippen LogP contribution in [0.15, 0.2) is 48.6 Å². The summed E-state index contributed by atoms with van der Waals surface area (Å²) in [6.45, 7) is 6.46. The molecule has 0 amide bonds. The Morgan fingerprint density at radius 1 is 0.527 bits per heavy atom. The summed E-state index contributed by atoms with van der Waals surface area (Å²) in [4.78, 5) is 109. The first-order chi connectivity index (χ1) is 25.7. The summed E-state index contributed by atoms with van der Waals surface area (Å²) in [7, 11) is 0. The molecule has 1 fully saturated rings. The van der Waals surface area contributed by atoms with Gasteiger partial charge in [-0.05, 0) is 47.5 Å². The number of carboxylic acids is 1. The lowest BCUT2D eigenvalue weighted by Gasteiger charge is -2.43. The Hall–Kier alpha value is -6.85. The van der Waals surface area contributed by atoms with Gasteiger partial charge in [-0.1, -0.05) is 0 Å². The van der Waals surface area contributed by atoms with Gasteiger partial charge >= 0.3 is 53.7 Å². The predicted molar refractivity (Wildman–Crippen MR) is 183 cm³/mol. The average Bonchev–Trinajstić information content (AvgIpc) is 3.02. The first kappa shape index (κ1) is 42.6. The Morgan fingerprint density at radius 3 is 1.22 bits per heavy atom. The molecule has 55 heavy (non-hydrogen) atoms. The monoisotopic (exact) mass is 768 g/mol. The lowest BCUT2D eigenvalue weighted by molar-refractivity contribution is -0.219. The van der Waals surface area contributed by atoms with Crippen LogP contribution in [0.4, 0.5) is 0 Å². The molecule has 1 saturated carbocycles. The summed E-state index contributed by atoms with van der Waals surface area (Å²) in [5, 5.41) is 10.2. The van der Waals surface area contributed by atoms with Crippen molar-refractivity contribution in [1.29, 1.82) is 0 Å². The number of carbonyl (C=O) groups is 9. The van der Waals surface area contributed by atoms with E-state index in [1.807, 2.05) is 0 Å². The van der Waals surface area contributed by atoms with Crippen LogP contribution in [0.3, 0.4) is 0 Å². The fourth-order valence-corrected chi connectivity index (χ4v) is 5.33. The maximum absolute atomic E-state index is 13.2. The minimum Gasteiger partial charge on any atom is -0.478 e. The standard InChI is InChI=1S/C37H36O18/c1-19(38)48-27-11-25(12-28(15-27)49-20(2)39)7-9-33(44)53-32-18-37(36(46)47,55-24(6)43)17-31(52-23(5)42)35(32)54-34(45)10-8-26-13-29(50-21(3)40)16-30(14-26)51-22(4)41/h7-16,31-32,35H,17-18H2,1-6H3,(H,46,47)/b9-7+,10-8+. The number of carboxylic acid groups (broad SMARTS) is 1. The molecule has 0 aliphatic heterocycles. The SMILES string of the molecule is CC(=O)Oc1cc(/C=C/C(=O)OC2CC(OC(C)=O)(C(=O)O)CC(OC(C)=O)C2OC(=O)/C=C/c2cc(OC(C)=O)cc(OC(C)=O)c2)cc(OC(C)=O)c1. The normalized spacial score (nSPS) is 19.1. The first-order valence-electron chi connectivity index (χ1n) is 16.1. The summed E-state index contributed by atoms with van der Waals surface area (Å²) in [6.07, 6.45) is -2.42. The maximum Gasteiger partial charge on any atom is 0.348 e. The van der Waals surface area contributed by atoms with Crippen molar-refractivity contribution in [2.24, 2.45) is 0 Å². The molecule has 0 heterocycles. The fraction of sp³-hybridized carbons (Fsp3) is 0.324. The van der Waals surface area contributed by atoms with Gasteiger partial charge in [0.25, 0.3) is 0 Å². The van der Waals surface area contributed by atoms with Crippen LogP contribution in [-0.4, -0.2) is 82.7 Å². The van der Waals surface area contributed by atoms with Crippen molar-refractivity contribution in [2.75, 3.05) is 0 Å². The smallest absolute Gasteiger partial charge is 0.348 e. The van der Waals surface area contributed by atoms with Crippen LogP contribution in [0, 0.1) is 0 Å². The van der Waals surface area contributed by atoms with Gasteiger partial charge in [0.15, 0.2) is 6.10 Å². The van der Waals surface area contributed by atoms with Crippen LogP contribution in [0.1, 0.15) is 65.5 Å². The minimum absolute atomic E-state index is 0.0299. The van der Waals surface area contributed by atoms with E-state index in [0.29, 0.717) is 0 Å². The maximum atomic E-state index is 13.2. The second-order valence-electron chi connectivity index (χ2n) is 11.8. The van der Waals surface area contributed by atoms with Gasteiger partial charge in [0, 0.05) is 78.7 Å². The molecule has 292 valence electrons. The van der Waals surface area contributed by atoms with Crippen molar-refractivity contribution in [3.05, 3.63) is 59.7 Å². The van der Waals surface area contributed by atoms with E-state index in [1.54, 1.807) is 0 Å². The van der Waals surface area contributed by atoms with Crippen molar-refractivity contribution in [3.8, 4) is 23.0 Å². The molecular formula is C37H36O18. The molecule has 4 unspecified atom stereocenters. The molecule has 0 saturated heterocycles. The molecular weight excluding hydrogens is 732 g/mol. The second-order valence-corrected chi connectivity index (χ2v) is 11.8. The van der Waals surface area contributed by atoms with E-state index < -0.39 is 90.5 Å². The average molecular weight is 769 g/mol. The Kier molecular flexibility index (Phi) is 14.5. The van der Waals surface area contributed by atoms with E-state index in [-0.39, 0.29) is 34.1 Å². The van der Waals surface area contributed by atoms with Crippen molar-refractivity contribution in [1.82, 2.24) is 0 Å². The van der Waals surface area contributed by atoms with Gasteiger partial charge in [-0.15, -0.1) is 0 Å². The van der Waals surface area contributed by atoms with E-state index in [2.05, 4.69) is 0 Å². The third kappa shape index (κ3) is 13.6. The number of hydrogen-bond acceptors (Lipinski definition) is 17. The highest BCUT2D eigenvalue weighted by Gasteiger charge is 2.57. The number of aliphatic carboxylic acids is 1. The summed E-state index contributed by atoms with van der Waals surface area (Å²) in [5.41, 5.74) is -2.05. The van der Waals surface area contributed by atoms with Gasteiger partial charge in [0.05, 0.1) is 0 Å². The summed E-state index contributed by atoms with van der Waals surface area (Å²) in [6, 6.07) is 7.80. The Morgan fingerprint density at radius 2 is 0.891 bits per heavy atom. The van der Waals surface area contributed by atoms with Crippen molar-refractivity contribution < 1.29 is 86.2 Å². The summed E-state index contributed by atoms with van der Waals surface area (Å²) < 4.78 is 41.8. The Labute approximate surface area is 312 Å². The van der Waals surface area contributed by atoms with E-state index >= 15 is 0 Å². The highest BCUT2D eigenvalue weighted by atomic mass is 16.6. The molecule has 3 rings (SSSR count). The summed E-state index contributed by atoms with van der Waals surface area (Å²) >= 11 is 0. The molecule has 0 radical (unpaired) electrons. The van der Waals surface area contributed by atoms with Crippen LogP contribution in [-0.2, 0) is 62.1 Å².